The van der Waals surface area contributed by atoms with Gasteiger partial charge in [-0.3, -0.25) is 10.1 Å². The molecule has 1 aromatic carbocycles. The number of nitro benzene ring substituents is 1. The second kappa shape index (κ2) is 5.79. The zero-order valence-electron chi connectivity index (χ0n) is 10.4. The molecule has 100 valence electrons. The molecule has 6 nitrogen and oxygen atoms in total. The van der Waals surface area contributed by atoms with E-state index in [1.807, 2.05) is 6.07 Å². The summed E-state index contributed by atoms with van der Waals surface area (Å²) in [7, 11) is 0. The van der Waals surface area contributed by atoms with E-state index >= 15 is 0 Å². The maximum absolute atomic E-state index is 10.9. The van der Waals surface area contributed by atoms with Gasteiger partial charge in [-0.05, 0) is 12.5 Å². The largest absolute Gasteiger partial charge is 0.272 e. The molecule has 0 aliphatic heterocycles. The predicted molar refractivity (Wildman–Crippen MR) is 71.4 cm³/mol. The van der Waals surface area contributed by atoms with Crippen molar-refractivity contribution in [3.05, 3.63) is 51.3 Å². The van der Waals surface area contributed by atoms with Gasteiger partial charge in [0, 0.05) is 30.1 Å². The zero-order valence-corrected chi connectivity index (χ0v) is 11.2. The van der Waals surface area contributed by atoms with Crippen molar-refractivity contribution in [3.63, 3.8) is 0 Å². The van der Waals surface area contributed by atoms with E-state index in [4.69, 9.17) is 11.6 Å². The van der Waals surface area contributed by atoms with Crippen molar-refractivity contribution >= 4 is 17.3 Å². The van der Waals surface area contributed by atoms with Crippen molar-refractivity contribution in [1.29, 1.82) is 0 Å². The van der Waals surface area contributed by atoms with Gasteiger partial charge in [0.2, 0.25) is 0 Å². The minimum atomic E-state index is -0.376. The van der Waals surface area contributed by atoms with Crippen LogP contribution in [0.3, 0.4) is 0 Å². The Balaban J connectivity index is 2.23. The molecule has 0 aliphatic carbocycles. The Bertz CT molecular complexity index is 597. The molecule has 0 spiro atoms. The number of hydrogen-bond acceptors (Lipinski definition) is 4. The van der Waals surface area contributed by atoms with Crippen molar-refractivity contribution in [2.75, 3.05) is 5.88 Å². The highest BCUT2D eigenvalue weighted by Crippen LogP contribution is 2.21. The van der Waals surface area contributed by atoms with Gasteiger partial charge in [0.1, 0.15) is 0 Å². The molecule has 0 amide bonds. The molecule has 0 atom stereocenters. The summed E-state index contributed by atoms with van der Waals surface area (Å²) in [6, 6.07) is 5.03. The van der Waals surface area contributed by atoms with Gasteiger partial charge in [-0.2, -0.15) is 0 Å². The van der Waals surface area contributed by atoms with Crippen molar-refractivity contribution in [1.82, 2.24) is 15.0 Å². The average molecular weight is 281 g/mol. The quantitative estimate of drug-likeness (QED) is 0.478. The van der Waals surface area contributed by atoms with Crippen LogP contribution in [0, 0.1) is 17.0 Å². The van der Waals surface area contributed by atoms with E-state index in [2.05, 4.69) is 10.3 Å². The monoisotopic (exact) mass is 280 g/mol. The van der Waals surface area contributed by atoms with Gasteiger partial charge in [-0.15, -0.1) is 16.7 Å². The maximum atomic E-state index is 10.9. The van der Waals surface area contributed by atoms with Crippen molar-refractivity contribution in [2.45, 2.75) is 19.9 Å². The summed E-state index contributed by atoms with van der Waals surface area (Å²) in [5.41, 5.74) is 2.45. The number of hydrogen-bond donors (Lipinski definition) is 0. The smallest absolute Gasteiger partial charge is 0.258 e. The van der Waals surface area contributed by atoms with Crippen LogP contribution in [-0.4, -0.2) is 25.8 Å². The van der Waals surface area contributed by atoms with Gasteiger partial charge in [0.25, 0.3) is 5.69 Å². The Kier molecular flexibility index (Phi) is 4.11. The Morgan fingerprint density at radius 2 is 2.26 bits per heavy atom. The van der Waals surface area contributed by atoms with Crippen molar-refractivity contribution < 1.29 is 4.92 Å². The third-order valence-corrected chi connectivity index (χ3v) is 3.07. The van der Waals surface area contributed by atoms with E-state index in [9.17, 15) is 10.1 Å². The lowest BCUT2D eigenvalue weighted by Gasteiger charge is -2.05. The summed E-state index contributed by atoms with van der Waals surface area (Å²) in [5.74, 6) is 0.495. The van der Waals surface area contributed by atoms with Gasteiger partial charge in [0.05, 0.1) is 17.2 Å². The predicted octanol–water partition coefficient (Wildman–Crippen LogP) is 2.32. The topological polar surface area (TPSA) is 73.8 Å². The Morgan fingerprint density at radius 3 is 2.95 bits per heavy atom. The van der Waals surface area contributed by atoms with Crippen molar-refractivity contribution in [2.24, 2.45) is 0 Å². The highest BCUT2D eigenvalue weighted by Gasteiger charge is 2.13. The van der Waals surface area contributed by atoms with Crippen LogP contribution in [0.15, 0.2) is 24.4 Å². The molecular formula is C12H13ClN4O2. The molecule has 1 aromatic heterocycles. The number of rotatable bonds is 5. The minimum absolute atomic E-state index is 0.124. The van der Waals surface area contributed by atoms with E-state index in [1.165, 1.54) is 6.07 Å². The SMILES string of the molecule is Cc1c(Cn2cc(CCCl)nn2)cccc1[N+](=O)[O-]. The number of alkyl halides is 1. The van der Waals surface area contributed by atoms with Crippen molar-refractivity contribution in [3.8, 4) is 0 Å². The number of nitro groups is 1. The molecule has 0 saturated carbocycles. The van der Waals surface area contributed by atoms with E-state index in [-0.39, 0.29) is 10.6 Å². The molecule has 0 N–H and O–H groups in total. The lowest BCUT2D eigenvalue weighted by molar-refractivity contribution is -0.385. The van der Waals surface area contributed by atoms with Crippen LogP contribution in [0.2, 0.25) is 0 Å². The van der Waals surface area contributed by atoms with Gasteiger partial charge in [-0.25, -0.2) is 4.68 Å². The first kappa shape index (κ1) is 13.5. The van der Waals surface area contributed by atoms with E-state index < -0.39 is 0 Å². The Morgan fingerprint density at radius 1 is 1.47 bits per heavy atom. The molecule has 0 fully saturated rings. The highest BCUT2D eigenvalue weighted by molar-refractivity contribution is 6.17. The average Bonchev–Trinajstić information content (AvgIpc) is 2.79. The Hall–Kier alpha value is -1.95. The second-order valence-electron chi connectivity index (χ2n) is 4.16. The molecule has 0 unspecified atom stereocenters. The summed E-state index contributed by atoms with van der Waals surface area (Å²) in [6.45, 7) is 2.20. The third-order valence-electron chi connectivity index (χ3n) is 2.88. The number of aromatic nitrogens is 3. The zero-order chi connectivity index (χ0) is 13.8. The minimum Gasteiger partial charge on any atom is -0.258 e. The van der Waals surface area contributed by atoms with Crippen LogP contribution >= 0.6 is 11.6 Å². The van der Waals surface area contributed by atoms with Crippen LogP contribution in [0.25, 0.3) is 0 Å². The molecule has 2 aromatic rings. The fourth-order valence-corrected chi connectivity index (χ4v) is 2.03. The van der Waals surface area contributed by atoms with E-state index in [0.29, 0.717) is 24.4 Å². The molecular weight excluding hydrogens is 268 g/mol. The summed E-state index contributed by atoms with van der Waals surface area (Å²) >= 11 is 5.63. The molecule has 0 radical (unpaired) electrons. The molecule has 7 heteroatoms. The van der Waals surface area contributed by atoms with Gasteiger partial charge in [0.15, 0.2) is 0 Å². The number of benzene rings is 1. The molecule has 0 bridgehead atoms. The Labute approximate surface area is 115 Å². The lowest BCUT2D eigenvalue weighted by Crippen LogP contribution is -2.04. The summed E-state index contributed by atoms with van der Waals surface area (Å²) in [6.07, 6.45) is 2.47. The molecule has 2 rings (SSSR count). The molecule has 0 saturated heterocycles. The molecule has 0 aliphatic rings. The summed E-state index contributed by atoms with van der Waals surface area (Å²) in [4.78, 5) is 10.5. The standard InChI is InChI=1S/C12H13ClN4O2/c1-9-10(3-2-4-12(9)17(18)19)7-16-8-11(5-6-13)14-15-16/h2-4,8H,5-7H2,1H3. The fraction of sp³-hybridized carbons (Fsp3) is 0.333. The lowest BCUT2D eigenvalue weighted by atomic mass is 10.1. The second-order valence-corrected chi connectivity index (χ2v) is 4.54. The number of nitrogens with zero attached hydrogens (tertiary/aromatic N) is 4. The van der Waals surface area contributed by atoms with Crippen LogP contribution in [0.4, 0.5) is 5.69 Å². The summed E-state index contributed by atoms with van der Waals surface area (Å²) < 4.78 is 1.66. The molecule has 19 heavy (non-hydrogen) atoms. The first-order valence-electron chi connectivity index (χ1n) is 5.79. The van der Waals surface area contributed by atoms with Crippen LogP contribution in [-0.2, 0) is 13.0 Å². The van der Waals surface area contributed by atoms with Crippen LogP contribution in [0.5, 0.6) is 0 Å². The van der Waals surface area contributed by atoms with Gasteiger partial charge < -0.3 is 0 Å². The fourth-order valence-electron chi connectivity index (χ4n) is 1.84. The maximum Gasteiger partial charge on any atom is 0.272 e. The van der Waals surface area contributed by atoms with Crippen LogP contribution in [0.1, 0.15) is 16.8 Å². The van der Waals surface area contributed by atoms with Gasteiger partial charge >= 0.3 is 0 Å². The van der Waals surface area contributed by atoms with E-state index in [0.717, 1.165) is 11.3 Å². The van der Waals surface area contributed by atoms with E-state index in [1.54, 1.807) is 23.9 Å². The first-order chi connectivity index (χ1) is 9.11. The number of aryl methyl sites for hydroxylation is 1. The normalized spacial score (nSPS) is 10.6. The first-order valence-corrected chi connectivity index (χ1v) is 6.33. The molecule has 1 heterocycles. The summed E-state index contributed by atoms with van der Waals surface area (Å²) in [5, 5.41) is 18.8. The van der Waals surface area contributed by atoms with Crippen LogP contribution < -0.4 is 0 Å². The number of halogens is 1. The van der Waals surface area contributed by atoms with Gasteiger partial charge in [-0.1, -0.05) is 17.3 Å². The highest BCUT2D eigenvalue weighted by atomic mass is 35.5. The third kappa shape index (κ3) is 3.08.